The topological polar surface area (TPSA) is 109 Å². The standard InChI is InChI=1S/C24H27FN6O4/c1-30(2)13-14-31(3)20-8-6-5-7-19(20)27-23(32)17-15-16(9-10-18(17)25)35-21-11-12-26-22(28-21)24(33)29-34-4/h5-12,15H,13-14H2,1-4H3,(H,27,32)(H,29,33)/i5D. The van der Waals surface area contributed by atoms with Crippen LogP contribution in [0.15, 0.2) is 54.7 Å². The van der Waals surface area contributed by atoms with Crippen molar-refractivity contribution in [2.75, 3.05) is 51.6 Å². The second kappa shape index (κ2) is 11.9. The molecule has 1 heterocycles. The van der Waals surface area contributed by atoms with E-state index in [4.69, 9.17) is 6.11 Å². The molecule has 10 nitrogen and oxygen atoms in total. The van der Waals surface area contributed by atoms with Gasteiger partial charge in [-0.25, -0.2) is 14.9 Å². The van der Waals surface area contributed by atoms with Crippen LogP contribution in [0.4, 0.5) is 15.8 Å². The number of rotatable bonds is 10. The Kier molecular flexibility index (Phi) is 8.15. The molecule has 2 N–H and O–H groups in total. The molecule has 0 bridgehead atoms. The van der Waals surface area contributed by atoms with E-state index < -0.39 is 17.6 Å². The van der Waals surface area contributed by atoms with Gasteiger partial charge in [0.1, 0.15) is 11.6 Å². The smallest absolute Gasteiger partial charge is 0.312 e. The molecular formula is C24H27FN6O4. The number of anilines is 2. The largest absolute Gasteiger partial charge is 0.439 e. The Labute approximate surface area is 204 Å². The molecule has 11 heteroatoms. The van der Waals surface area contributed by atoms with Gasteiger partial charge in [0.05, 0.1) is 25.4 Å². The van der Waals surface area contributed by atoms with Gasteiger partial charge in [-0.15, -0.1) is 0 Å². The lowest BCUT2D eigenvalue weighted by Crippen LogP contribution is -2.29. The summed E-state index contributed by atoms with van der Waals surface area (Å²) in [5, 5.41) is 2.70. The van der Waals surface area contributed by atoms with Crippen molar-refractivity contribution in [1.82, 2.24) is 20.3 Å². The summed E-state index contributed by atoms with van der Waals surface area (Å²) in [6, 6.07) is 10.1. The Morgan fingerprint density at radius 2 is 1.91 bits per heavy atom. The van der Waals surface area contributed by atoms with Gasteiger partial charge in [0.15, 0.2) is 0 Å². The van der Waals surface area contributed by atoms with E-state index in [9.17, 15) is 14.0 Å². The van der Waals surface area contributed by atoms with Crippen molar-refractivity contribution < 1.29 is 24.9 Å². The number of carbonyl (C=O) groups is 2. The number of para-hydroxylation sites is 2. The minimum atomic E-state index is -0.757. The van der Waals surface area contributed by atoms with E-state index >= 15 is 0 Å². The zero-order valence-corrected chi connectivity index (χ0v) is 19.8. The van der Waals surface area contributed by atoms with Crippen LogP contribution in [-0.2, 0) is 4.84 Å². The highest BCUT2D eigenvalue weighted by Gasteiger charge is 2.17. The molecule has 0 aliphatic carbocycles. The normalized spacial score (nSPS) is 11.1. The second-order valence-electron chi connectivity index (χ2n) is 7.72. The van der Waals surface area contributed by atoms with Crippen molar-refractivity contribution in [3.63, 3.8) is 0 Å². The number of hydroxylamine groups is 1. The summed E-state index contributed by atoms with van der Waals surface area (Å²) in [5.41, 5.74) is 2.90. The zero-order chi connectivity index (χ0) is 26.2. The van der Waals surface area contributed by atoms with Crippen molar-refractivity contribution in [2.24, 2.45) is 0 Å². The first-order valence-corrected chi connectivity index (χ1v) is 10.6. The van der Waals surface area contributed by atoms with Crippen LogP contribution in [0.3, 0.4) is 0 Å². The van der Waals surface area contributed by atoms with Gasteiger partial charge in [0.2, 0.25) is 11.7 Å². The molecule has 3 aromatic rings. The second-order valence-corrected chi connectivity index (χ2v) is 7.72. The van der Waals surface area contributed by atoms with E-state index in [1.54, 1.807) is 12.1 Å². The molecular weight excluding hydrogens is 455 g/mol. The molecule has 2 aromatic carbocycles. The number of likely N-dealkylation sites (N-methyl/N-ethyl adjacent to an activating group) is 2. The fourth-order valence-corrected chi connectivity index (χ4v) is 3.02. The Balaban J connectivity index is 1.82. The van der Waals surface area contributed by atoms with Crippen LogP contribution in [0, 0.1) is 5.82 Å². The van der Waals surface area contributed by atoms with Gasteiger partial charge < -0.3 is 19.9 Å². The minimum absolute atomic E-state index is 0.0101. The average Bonchev–Trinajstić information content (AvgIpc) is 2.84. The predicted molar refractivity (Wildman–Crippen MR) is 129 cm³/mol. The highest BCUT2D eigenvalue weighted by atomic mass is 19.1. The number of halogens is 1. The van der Waals surface area contributed by atoms with Crippen LogP contribution in [0.2, 0.25) is 0 Å². The molecule has 3 rings (SSSR count). The van der Waals surface area contributed by atoms with Gasteiger partial charge >= 0.3 is 5.91 Å². The fraction of sp³-hybridized carbons (Fsp3) is 0.250. The van der Waals surface area contributed by atoms with E-state index in [-0.39, 0.29) is 29.1 Å². The van der Waals surface area contributed by atoms with Crippen LogP contribution in [0.25, 0.3) is 0 Å². The van der Waals surface area contributed by atoms with Crippen molar-refractivity contribution in [2.45, 2.75) is 0 Å². The third-order valence-electron chi connectivity index (χ3n) is 4.82. The van der Waals surface area contributed by atoms with Gasteiger partial charge in [-0.1, -0.05) is 12.1 Å². The lowest BCUT2D eigenvalue weighted by atomic mass is 10.1. The molecule has 184 valence electrons. The molecule has 0 saturated carbocycles. The molecule has 0 aliphatic heterocycles. The first-order valence-electron chi connectivity index (χ1n) is 11.1. The lowest BCUT2D eigenvalue weighted by molar-refractivity contribution is 0.0526. The monoisotopic (exact) mass is 483 g/mol. The lowest BCUT2D eigenvalue weighted by Gasteiger charge is -2.24. The van der Waals surface area contributed by atoms with E-state index in [0.29, 0.717) is 17.9 Å². The average molecular weight is 484 g/mol. The van der Waals surface area contributed by atoms with Crippen molar-refractivity contribution in [3.05, 3.63) is 71.9 Å². The zero-order valence-electron chi connectivity index (χ0n) is 20.8. The molecule has 0 atom stereocenters. The summed E-state index contributed by atoms with van der Waals surface area (Å²) in [5.74, 6) is -2.21. The molecule has 0 aliphatic rings. The fourth-order valence-electron chi connectivity index (χ4n) is 3.02. The molecule has 0 saturated heterocycles. The van der Waals surface area contributed by atoms with Gasteiger partial charge in [0, 0.05) is 32.4 Å². The van der Waals surface area contributed by atoms with Gasteiger partial charge in [0.25, 0.3) is 5.91 Å². The summed E-state index contributed by atoms with van der Waals surface area (Å²) in [4.78, 5) is 41.2. The first kappa shape index (κ1) is 24.0. The van der Waals surface area contributed by atoms with Gasteiger partial charge in [-0.2, -0.15) is 4.98 Å². The third kappa shape index (κ3) is 6.95. The van der Waals surface area contributed by atoms with Crippen LogP contribution in [0.5, 0.6) is 11.6 Å². The maximum atomic E-state index is 14.6. The van der Waals surface area contributed by atoms with E-state index in [1.807, 2.05) is 30.9 Å². The summed E-state index contributed by atoms with van der Waals surface area (Å²) in [6.07, 6.45) is 1.31. The van der Waals surface area contributed by atoms with Crippen LogP contribution in [-0.4, -0.2) is 68.0 Å². The predicted octanol–water partition coefficient (Wildman–Crippen LogP) is 2.95. The maximum absolute atomic E-state index is 14.6. The molecule has 0 fully saturated rings. The number of nitrogens with zero attached hydrogens (tertiary/aromatic N) is 4. The van der Waals surface area contributed by atoms with Crippen LogP contribution in [0.1, 0.15) is 22.3 Å². The SMILES string of the molecule is [2H]c1ccc(N(C)CCN(C)C)c(NC(=O)c2cc(Oc3ccnc(C(=O)NOC)n3)ccc2F)c1. The Morgan fingerprint density at radius 1 is 1.11 bits per heavy atom. The highest BCUT2D eigenvalue weighted by molar-refractivity contribution is 6.06. The van der Waals surface area contributed by atoms with Crippen LogP contribution >= 0.6 is 0 Å². The first-order chi connectivity index (χ1) is 17.2. The van der Waals surface area contributed by atoms with Gasteiger partial charge in [-0.05, 0) is 44.4 Å². The number of ether oxygens (including phenoxy) is 1. The Hall–Kier alpha value is -4.09. The summed E-state index contributed by atoms with van der Waals surface area (Å²) < 4.78 is 28.2. The quantitative estimate of drug-likeness (QED) is 0.424. The van der Waals surface area contributed by atoms with Crippen molar-refractivity contribution in [1.29, 1.82) is 0 Å². The number of hydrogen-bond acceptors (Lipinski definition) is 8. The van der Waals surface area contributed by atoms with E-state index in [2.05, 4.69) is 25.6 Å². The molecule has 2 amide bonds. The van der Waals surface area contributed by atoms with Gasteiger partial charge in [-0.3, -0.25) is 14.4 Å². The minimum Gasteiger partial charge on any atom is -0.439 e. The number of hydrogen-bond donors (Lipinski definition) is 2. The summed E-state index contributed by atoms with van der Waals surface area (Å²) >= 11 is 0. The molecule has 0 spiro atoms. The number of aromatic nitrogens is 2. The van der Waals surface area contributed by atoms with Crippen molar-refractivity contribution >= 4 is 23.2 Å². The molecule has 1 aromatic heterocycles. The molecule has 0 radical (unpaired) electrons. The highest BCUT2D eigenvalue weighted by Crippen LogP contribution is 2.27. The number of amides is 2. The van der Waals surface area contributed by atoms with Crippen LogP contribution < -0.4 is 20.4 Å². The number of nitrogens with one attached hydrogen (secondary N) is 2. The summed E-state index contributed by atoms with van der Waals surface area (Å²) in [6.45, 7) is 1.45. The number of benzene rings is 2. The Morgan fingerprint density at radius 3 is 2.66 bits per heavy atom. The van der Waals surface area contributed by atoms with E-state index in [0.717, 1.165) is 12.6 Å². The Bertz CT molecular complexity index is 1240. The van der Waals surface area contributed by atoms with E-state index in [1.165, 1.54) is 37.6 Å². The third-order valence-corrected chi connectivity index (χ3v) is 4.82. The maximum Gasteiger partial charge on any atom is 0.312 e. The molecule has 0 unspecified atom stereocenters. The summed E-state index contributed by atoms with van der Waals surface area (Å²) in [7, 11) is 7.06. The number of carbonyl (C=O) groups excluding carboxylic acids is 2. The van der Waals surface area contributed by atoms with Crippen molar-refractivity contribution in [3.8, 4) is 11.6 Å². The molecule has 35 heavy (non-hydrogen) atoms.